The molecule has 0 aromatic rings. The second kappa shape index (κ2) is 16.6. The standard InChI is InChI=1S/C22H44N2O/c1-4-5-6-7-8-9-10-11-12-13-14-15-16-17-18-22(2,3)21(25)24-20-19-23/h11-12H,4-10,13-20,23H2,1-3H3,(H,24,25)/b12-11-. The predicted molar refractivity (Wildman–Crippen MR) is 111 cm³/mol. The zero-order chi connectivity index (χ0) is 18.8. The van der Waals surface area contributed by atoms with Crippen LogP contribution in [0.3, 0.4) is 0 Å². The van der Waals surface area contributed by atoms with Crippen molar-refractivity contribution in [2.45, 2.75) is 104 Å². The number of unbranched alkanes of at least 4 members (excludes halogenated alkanes) is 10. The maximum Gasteiger partial charge on any atom is 0.225 e. The lowest BCUT2D eigenvalue weighted by Crippen LogP contribution is -2.39. The first kappa shape index (κ1) is 24.2. The van der Waals surface area contributed by atoms with E-state index in [2.05, 4.69) is 24.4 Å². The molecule has 0 aliphatic carbocycles. The average Bonchev–Trinajstić information content (AvgIpc) is 2.59. The molecule has 0 atom stereocenters. The molecule has 0 unspecified atom stereocenters. The van der Waals surface area contributed by atoms with Crippen molar-refractivity contribution in [1.82, 2.24) is 5.32 Å². The minimum atomic E-state index is -0.272. The normalized spacial score (nSPS) is 12.0. The van der Waals surface area contributed by atoms with Gasteiger partial charge in [-0.15, -0.1) is 0 Å². The van der Waals surface area contributed by atoms with Gasteiger partial charge in [-0.1, -0.05) is 84.3 Å². The molecule has 0 aromatic carbocycles. The van der Waals surface area contributed by atoms with Crippen LogP contribution < -0.4 is 11.1 Å². The lowest BCUT2D eigenvalue weighted by molar-refractivity contribution is -0.129. The summed E-state index contributed by atoms with van der Waals surface area (Å²) < 4.78 is 0. The van der Waals surface area contributed by atoms with Gasteiger partial charge >= 0.3 is 0 Å². The van der Waals surface area contributed by atoms with Crippen LogP contribution in [0.5, 0.6) is 0 Å². The van der Waals surface area contributed by atoms with Gasteiger partial charge in [-0.05, 0) is 32.1 Å². The Kier molecular flexibility index (Phi) is 16.1. The van der Waals surface area contributed by atoms with Crippen molar-refractivity contribution in [3.8, 4) is 0 Å². The van der Waals surface area contributed by atoms with Gasteiger partial charge in [0.1, 0.15) is 0 Å². The Morgan fingerprint density at radius 3 is 1.96 bits per heavy atom. The number of allylic oxidation sites excluding steroid dienone is 2. The Hall–Kier alpha value is -0.830. The van der Waals surface area contributed by atoms with Gasteiger partial charge in [0.15, 0.2) is 0 Å². The minimum Gasteiger partial charge on any atom is -0.354 e. The van der Waals surface area contributed by atoms with E-state index in [0.29, 0.717) is 13.1 Å². The van der Waals surface area contributed by atoms with E-state index < -0.39 is 0 Å². The Morgan fingerprint density at radius 2 is 1.40 bits per heavy atom. The fourth-order valence-electron chi connectivity index (χ4n) is 3.00. The van der Waals surface area contributed by atoms with Gasteiger partial charge in [0.25, 0.3) is 0 Å². The summed E-state index contributed by atoms with van der Waals surface area (Å²) in [6.07, 6.45) is 21.3. The molecule has 0 saturated carbocycles. The number of hydrogen-bond acceptors (Lipinski definition) is 2. The van der Waals surface area contributed by atoms with E-state index in [9.17, 15) is 4.79 Å². The van der Waals surface area contributed by atoms with Gasteiger partial charge in [-0.3, -0.25) is 4.79 Å². The number of nitrogens with two attached hydrogens (primary N) is 1. The van der Waals surface area contributed by atoms with Crippen molar-refractivity contribution < 1.29 is 4.79 Å². The second-order valence-electron chi connectivity index (χ2n) is 7.91. The van der Waals surface area contributed by atoms with Crippen LogP contribution in [0.2, 0.25) is 0 Å². The fourth-order valence-corrected chi connectivity index (χ4v) is 3.00. The average molecular weight is 353 g/mol. The maximum absolute atomic E-state index is 12.0. The van der Waals surface area contributed by atoms with E-state index in [1.54, 1.807) is 0 Å². The fraction of sp³-hybridized carbons (Fsp3) is 0.864. The molecule has 3 N–H and O–H groups in total. The summed E-state index contributed by atoms with van der Waals surface area (Å²) in [7, 11) is 0. The van der Waals surface area contributed by atoms with Crippen molar-refractivity contribution in [2.75, 3.05) is 13.1 Å². The highest BCUT2D eigenvalue weighted by Crippen LogP contribution is 2.24. The molecule has 0 aliphatic rings. The number of hydrogen-bond donors (Lipinski definition) is 2. The first-order valence-electron chi connectivity index (χ1n) is 10.7. The topological polar surface area (TPSA) is 55.1 Å². The molecule has 0 radical (unpaired) electrons. The van der Waals surface area contributed by atoms with Crippen molar-refractivity contribution >= 4 is 5.91 Å². The summed E-state index contributed by atoms with van der Waals surface area (Å²) in [5.74, 6) is 0.135. The second-order valence-corrected chi connectivity index (χ2v) is 7.91. The molecule has 148 valence electrons. The van der Waals surface area contributed by atoms with Crippen molar-refractivity contribution in [2.24, 2.45) is 11.1 Å². The molecule has 3 heteroatoms. The molecule has 0 aromatic heterocycles. The van der Waals surface area contributed by atoms with E-state index in [-0.39, 0.29) is 11.3 Å². The van der Waals surface area contributed by atoms with Crippen LogP contribution in [0.15, 0.2) is 12.2 Å². The highest BCUT2D eigenvalue weighted by molar-refractivity contribution is 5.81. The quantitative estimate of drug-likeness (QED) is 0.259. The van der Waals surface area contributed by atoms with Crippen LogP contribution >= 0.6 is 0 Å². The summed E-state index contributed by atoms with van der Waals surface area (Å²) >= 11 is 0. The molecular formula is C22H44N2O. The van der Waals surface area contributed by atoms with Gasteiger partial charge in [-0.2, -0.15) is 0 Å². The van der Waals surface area contributed by atoms with E-state index in [0.717, 1.165) is 12.8 Å². The van der Waals surface area contributed by atoms with Crippen molar-refractivity contribution in [3.05, 3.63) is 12.2 Å². The van der Waals surface area contributed by atoms with Gasteiger partial charge in [0.05, 0.1) is 0 Å². The third kappa shape index (κ3) is 15.2. The van der Waals surface area contributed by atoms with E-state index in [4.69, 9.17) is 5.73 Å². The largest absolute Gasteiger partial charge is 0.354 e. The molecule has 3 nitrogen and oxygen atoms in total. The number of nitrogens with one attached hydrogen (secondary N) is 1. The Balaban J connectivity index is 3.45. The molecule has 25 heavy (non-hydrogen) atoms. The van der Waals surface area contributed by atoms with Gasteiger partial charge in [-0.25, -0.2) is 0 Å². The molecule has 0 aliphatic heterocycles. The van der Waals surface area contributed by atoms with Crippen molar-refractivity contribution in [3.63, 3.8) is 0 Å². The highest BCUT2D eigenvalue weighted by atomic mass is 16.2. The molecule has 0 spiro atoms. The van der Waals surface area contributed by atoms with Crippen molar-refractivity contribution in [1.29, 1.82) is 0 Å². The summed E-state index contributed by atoms with van der Waals surface area (Å²) in [6.45, 7) is 7.42. The lowest BCUT2D eigenvalue weighted by Gasteiger charge is -2.23. The molecular weight excluding hydrogens is 308 g/mol. The van der Waals surface area contributed by atoms with Gasteiger partial charge < -0.3 is 11.1 Å². The third-order valence-electron chi connectivity index (χ3n) is 4.86. The van der Waals surface area contributed by atoms with E-state index >= 15 is 0 Å². The predicted octanol–water partition coefficient (Wildman–Crippen LogP) is 5.73. The van der Waals surface area contributed by atoms with E-state index in [1.165, 1.54) is 70.6 Å². The Morgan fingerprint density at radius 1 is 0.880 bits per heavy atom. The summed E-state index contributed by atoms with van der Waals surface area (Å²) in [6, 6.07) is 0. The minimum absolute atomic E-state index is 0.135. The summed E-state index contributed by atoms with van der Waals surface area (Å²) in [5, 5.41) is 2.90. The lowest BCUT2D eigenvalue weighted by atomic mass is 9.85. The third-order valence-corrected chi connectivity index (χ3v) is 4.86. The summed E-state index contributed by atoms with van der Waals surface area (Å²) in [4.78, 5) is 12.0. The molecule has 0 saturated heterocycles. The molecule has 0 fully saturated rings. The Labute approximate surface area is 157 Å². The van der Waals surface area contributed by atoms with Crippen LogP contribution in [0, 0.1) is 5.41 Å². The first-order chi connectivity index (χ1) is 12.0. The molecule has 0 bridgehead atoms. The van der Waals surface area contributed by atoms with Crippen LogP contribution in [0.1, 0.15) is 104 Å². The van der Waals surface area contributed by atoms with Crippen LogP contribution in [-0.4, -0.2) is 19.0 Å². The number of carbonyl (C=O) groups excluding carboxylic acids is 1. The van der Waals surface area contributed by atoms with Crippen LogP contribution in [0.4, 0.5) is 0 Å². The van der Waals surface area contributed by atoms with E-state index in [1.807, 2.05) is 13.8 Å². The Bertz CT molecular complexity index is 337. The smallest absolute Gasteiger partial charge is 0.225 e. The monoisotopic (exact) mass is 352 g/mol. The van der Waals surface area contributed by atoms with Crippen LogP contribution in [0.25, 0.3) is 0 Å². The zero-order valence-corrected chi connectivity index (χ0v) is 17.2. The molecule has 1 amide bonds. The van der Waals surface area contributed by atoms with Gasteiger partial charge in [0, 0.05) is 18.5 Å². The maximum atomic E-state index is 12.0. The summed E-state index contributed by atoms with van der Waals surface area (Å²) in [5.41, 5.74) is 5.16. The number of rotatable bonds is 17. The molecule has 0 heterocycles. The number of amides is 1. The van der Waals surface area contributed by atoms with Crippen LogP contribution in [-0.2, 0) is 4.79 Å². The highest BCUT2D eigenvalue weighted by Gasteiger charge is 2.26. The zero-order valence-electron chi connectivity index (χ0n) is 17.2. The van der Waals surface area contributed by atoms with Gasteiger partial charge in [0.2, 0.25) is 5.91 Å². The SMILES string of the molecule is CCCCCCCC/C=C\CCCCCCC(C)(C)C(=O)NCCN. The molecule has 0 rings (SSSR count). The first-order valence-corrected chi connectivity index (χ1v) is 10.7. The number of carbonyl (C=O) groups is 1.